The molecule has 4 heterocycles. The van der Waals surface area contributed by atoms with Gasteiger partial charge in [-0.1, -0.05) is 6.07 Å². The molecule has 0 spiro atoms. The Bertz CT molecular complexity index is 928. The molecule has 0 bridgehead atoms. The predicted octanol–water partition coefficient (Wildman–Crippen LogP) is 2.51. The van der Waals surface area contributed by atoms with Gasteiger partial charge in [-0.05, 0) is 56.6 Å². The summed E-state index contributed by atoms with van der Waals surface area (Å²) in [6, 6.07) is 7.32. The Morgan fingerprint density at radius 3 is 2.74 bits per heavy atom. The first-order chi connectivity index (χ1) is 13.1. The maximum absolute atomic E-state index is 11.4. The minimum atomic E-state index is -0.963. The molecule has 140 valence electrons. The van der Waals surface area contributed by atoms with Crippen LogP contribution in [0.1, 0.15) is 36.0 Å². The molecule has 27 heavy (non-hydrogen) atoms. The second-order valence-corrected chi connectivity index (χ2v) is 6.69. The lowest BCUT2D eigenvalue weighted by atomic mass is 10.1. The van der Waals surface area contributed by atoms with Crippen LogP contribution in [-0.4, -0.2) is 48.8 Å². The van der Waals surface area contributed by atoms with Gasteiger partial charge in [0.05, 0.1) is 6.04 Å². The summed E-state index contributed by atoms with van der Waals surface area (Å²) in [6.45, 7) is 3.44. The highest BCUT2D eigenvalue weighted by Crippen LogP contribution is 2.31. The van der Waals surface area contributed by atoms with Gasteiger partial charge in [0.25, 0.3) is 0 Å². The molecule has 8 heteroatoms. The van der Waals surface area contributed by atoms with Crippen LogP contribution in [0.25, 0.3) is 11.6 Å². The molecule has 1 aliphatic heterocycles. The second kappa shape index (κ2) is 7.32. The molecule has 0 aliphatic carbocycles. The number of carboxylic acids is 1. The Kier molecular flexibility index (Phi) is 4.72. The molecule has 1 atom stereocenters. The molecular weight excluding hydrogens is 346 g/mol. The summed E-state index contributed by atoms with van der Waals surface area (Å²) in [5.41, 5.74) is 0.973. The van der Waals surface area contributed by atoms with Gasteiger partial charge < -0.3 is 9.52 Å². The molecule has 0 unspecified atom stereocenters. The van der Waals surface area contributed by atoms with Crippen molar-refractivity contribution < 1.29 is 14.3 Å². The van der Waals surface area contributed by atoms with Crippen molar-refractivity contribution >= 4 is 5.97 Å². The minimum Gasteiger partial charge on any atom is -0.480 e. The van der Waals surface area contributed by atoms with Crippen LogP contribution in [0.4, 0.5) is 0 Å². The zero-order valence-corrected chi connectivity index (χ0v) is 15.1. The molecule has 8 nitrogen and oxygen atoms in total. The normalized spacial score (nSPS) is 15.9. The Morgan fingerprint density at radius 2 is 2.11 bits per heavy atom. The summed E-state index contributed by atoms with van der Waals surface area (Å²) in [5.74, 6) is 1.31. The van der Waals surface area contributed by atoms with E-state index in [1.165, 1.54) is 4.68 Å². The molecule has 1 aliphatic rings. The van der Waals surface area contributed by atoms with Gasteiger partial charge in [-0.3, -0.25) is 14.7 Å². The number of rotatable bonds is 6. The van der Waals surface area contributed by atoms with Crippen molar-refractivity contribution in [1.29, 1.82) is 0 Å². The Labute approximate surface area is 156 Å². The maximum Gasteiger partial charge on any atom is 0.325 e. The third-order valence-electron chi connectivity index (χ3n) is 4.70. The highest BCUT2D eigenvalue weighted by Gasteiger charge is 2.31. The summed E-state index contributed by atoms with van der Waals surface area (Å²) in [5, 5.41) is 13.8. The number of pyridine rings is 1. The Morgan fingerprint density at radius 1 is 1.30 bits per heavy atom. The molecule has 4 rings (SSSR count). The van der Waals surface area contributed by atoms with Gasteiger partial charge in [0, 0.05) is 12.4 Å². The Balaban J connectivity index is 1.82. The molecule has 3 aromatic heterocycles. The zero-order chi connectivity index (χ0) is 18.8. The average Bonchev–Trinajstić information content (AvgIpc) is 3.38. The maximum atomic E-state index is 11.4. The van der Waals surface area contributed by atoms with Gasteiger partial charge in [-0.2, -0.15) is 0 Å². The van der Waals surface area contributed by atoms with Crippen LogP contribution in [0.2, 0.25) is 0 Å². The summed E-state index contributed by atoms with van der Waals surface area (Å²) in [7, 11) is 0. The van der Waals surface area contributed by atoms with Gasteiger partial charge in [0.15, 0.2) is 5.76 Å². The molecule has 3 aromatic rings. The van der Waals surface area contributed by atoms with Crippen LogP contribution in [0.5, 0.6) is 0 Å². The number of aryl methyl sites for hydroxylation is 1. The fourth-order valence-electron chi connectivity index (χ4n) is 3.52. The summed E-state index contributed by atoms with van der Waals surface area (Å²) in [4.78, 5) is 22.7. The predicted molar refractivity (Wildman–Crippen MR) is 97.0 cm³/mol. The van der Waals surface area contributed by atoms with Gasteiger partial charge in [0.1, 0.15) is 18.1 Å². The van der Waals surface area contributed by atoms with Crippen molar-refractivity contribution in [1.82, 2.24) is 24.6 Å². The summed E-state index contributed by atoms with van der Waals surface area (Å²) >= 11 is 0. The molecule has 1 saturated heterocycles. The van der Waals surface area contributed by atoms with Crippen molar-refractivity contribution in [3.05, 3.63) is 53.8 Å². The smallest absolute Gasteiger partial charge is 0.325 e. The van der Waals surface area contributed by atoms with Crippen molar-refractivity contribution in [3.8, 4) is 11.6 Å². The lowest BCUT2D eigenvalue weighted by Crippen LogP contribution is -2.30. The number of likely N-dealkylation sites (tertiary alicyclic amines) is 1. The van der Waals surface area contributed by atoms with E-state index in [0.717, 1.165) is 37.3 Å². The third-order valence-corrected chi connectivity index (χ3v) is 4.70. The van der Waals surface area contributed by atoms with E-state index < -0.39 is 5.97 Å². The minimum absolute atomic E-state index is 0.196. The molecule has 0 radical (unpaired) electrons. The van der Waals surface area contributed by atoms with Crippen molar-refractivity contribution in [2.45, 2.75) is 32.4 Å². The van der Waals surface area contributed by atoms with E-state index in [0.29, 0.717) is 17.4 Å². The average molecular weight is 367 g/mol. The number of hydrogen-bond donors (Lipinski definition) is 1. The second-order valence-electron chi connectivity index (χ2n) is 6.69. The topological polar surface area (TPSA) is 97.3 Å². The van der Waals surface area contributed by atoms with E-state index in [2.05, 4.69) is 15.0 Å². The van der Waals surface area contributed by atoms with E-state index in [-0.39, 0.29) is 12.6 Å². The molecular formula is C19H21N5O3. The van der Waals surface area contributed by atoms with Crippen LogP contribution in [0.15, 0.2) is 41.1 Å². The van der Waals surface area contributed by atoms with E-state index >= 15 is 0 Å². The molecule has 1 N–H and O–H groups in total. The standard InChI is InChI=1S/C19H21N5O3/c1-13-6-7-15(27-13)18-21-19(24(22-18)12-16(25)26)17(23-9-2-3-10-23)14-5-4-8-20-11-14/h4-8,11,17H,2-3,9-10,12H2,1H3,(H,25,26)/t17-/m1/s1. The van der Waals surface area contributed by atoms with Crippen molar-refractivity contribution in [3.63, 3.8) is 0 Å². The number of aliphatic carboxylic acids is 1. The van der Waals surface area contributed by atoms with Crippen molar-refractivity contribution in [2.24, 2.45) is 0 Å². The number of aromatic nitrogens is 4. The first-order valence-corrected chi connectivity index (χ1v) is 8.99. The van der Waals surface area contributed by atoms with Gasteiger partial charge in [-0.25, -0.2) is 9.67 Å². The summed E-state index contributed by atoms with van der Waals surface area (Å²) < 4.78 is 7.11. The number of hydrogen-bond acceptors (Lipinski definition) is 6. The fraction of sp³-hybridized carbons (Fsp3) is 0.368. The fourth-order valence-corrected chi connectivity index (χ4v) is 3.52. The first-order valence-electron chi connectivity index (χ1n) is 8.99. The van der Waals surface area contributed by atoms with E-state index in [1.807, 2.05) is 25.1 Å². The third kappa shape index (κ3) is 3.61. The number of carboxylic acid groups (broad SMARTS) is 1. The van der Waals surface area contributed by atoms with Crippen LogP contribution in [0, 0.1) is 6.92 Å². The van der Waals surface area contributed by atoms with Crippen LogP contribution < -0.4 is 0 Å². The van der Waals surface area contributed by atoms with E-state index in [4.69, 9.17) is 9.40 Å². The van der Waals surface area contributed by atoms with Crippen LogP contribution in [-0.2, 0) is 11.3 Å². The number of carbonyl (C=O) groups is 1. The van der Waals surface area contributed by atoms with Crippen LogP contribution >= 0.6 is 0 Å². The van der Waals surface area contributed by atoms with Gasteiger partial charge in [-0.15, -0.1) is 5.10 Å². The monoisotopic (exact) mass is 367 g/mol. The highest BCUT2D eigenvalue weighted by atomic mass is 16.4. The largest absolute Gasteiger partial charge is 0.480 e. The lowest BCUT2D eigenvalue weighted by Gasteiger charge is -2.26. The molecule has 0 saturated carbocycles. The summed E-state index contributed by atoms with van der Waals surface area (Å²) in [6.07, 6.45) is 5.74. The first kappa shape index (κ1) is 17.4. The SMILES string of the molecule is Cc1ccc(-c2nc([C@@H](c3cccnc3)N3CCCC3)n(CC(=O)O)n2)o1. The van der Waals surface area contributed by atoms with E-state index in [9.17, 15) is 9.90 Å². The quantitative estimate of drug-likeness (QED) is 0.715. The zero-order valence-electron chi connectivity index (χ0n) is 15.1. The molecule has 0 amide bonds. The number of nitrogens with zero attached hydrogens (tertiary/aromatic N) is 5. The Hall–Kier alpha value is -3.00. The lowest BCUT2D eigenvalue weighted by molar-refractivity contribution is -0.138. The highest BCUT2D eigenvalue weighted by molar-refractivity contribution is 5.66. The van der Waals surface area contributed by atoms with Crippen LogP contribution in [0.3, 0.4) is 0 Å². The molecule has 1 fully saturated rings. The van der Waals surface area contributed by atoms with Gasteiger partial charge in [0.2, 0.25) is 5.82 Å². The van der Waals surface area contributed by atoms with E-state index in [1.54, 1.807) is 18.5 Å². The number of furan rings is 1. The van der Waals surface area contributed by atoms with Gasteiger partial charge >= 0.3 is 5.97 Å². The van der Waals surface area contributed by atoms with Crippen molar-refractivity contribution in [2.75, 3.05) is 13.1 Å². The molecule has 0 aromatic carbocycles.